The first-order valence-corrected chi connectivity index (χ1v) is 3.70. The fourth-order valence-electron chi connectivity index (χ4n) is 0.470. The minimum absolute atomic E-state index is 0.490. The Kier molecular flexibility index (Phi) is 5.06. The van der Waals surface area contributed by atoms with Crippen LogP contribution in [0.5, 0.6) is 0 Å². The third-order valence-electron chi connectivity index (χ3n) is 0.882. The molecule has 0 heterocycles. The Morgan fingerprint density at radius 3 is 1.91 bits per heavy atom. The minimum Gasteiger partial charge on any atom is -0.202 e. The Hall–Kier alpha value is -0.420. The third-order valence-corrected chi connectivity index (χ3v) is 1.86. The summed E-state index contributed by atoms with van der Waals surface area (Å²) in [6, 6.07) is 4.95. The Bertz CT molecular complexity index is 257. The molecule has 0 radical (unpaired) electrons. The molecule has 0 bridgehead atoms. The van der Waals surface area contributed by atoms with E-state index in [1.165, 1.54) is 0 Å². The van der Waals surface area contributed by atoms with Gasteiger partial charge in [0.05, 0.1) is 10.0 Å². The van der Waals surface area contributed by atoms with Crippen LogP contribution in [0, 0.1) is 11.8 Å². The second kappa shape index (κ2) is 5.26. The first kappa shape index (κ1) is 10.6. The predicted molar refractivity (Wildman–Crippen MR) is 48.1 cm³/mol. The van der Waals surface area contributed by atoms with E-state index in [9.17, 15) is 0 Å². The zero-order valence-corrected chi connectivity index (χ0v) is 7.66. The van der Waals surface area contributed by atoms with E-state index in [0.717, 1.165) is 0 Å². The van der Waals surface area contributed by atoms with Gasteiger partial charge >= 0.3 is 0 Å². The van der Waals surface area contributed by atoms with Gasteiger partial charge in [0.2, 0.25) is 0 Å². The highest BCUT2D eigenvalue weighted by Gasteiger charge is 1.94. The van der Waals surface area contributed by atoms with E-state index >= 15 is 0 Å². The molecule has 0 aromatic heterocycles. The van der Waals surface area contributed by atoms with Gasteiger partial charge in [0.1, 0.15) is 0 Å². The highest BCUT2D eigenvalue weighted by Crippen LogP contribution is 2.24. The smallest absolute Gasteiger partial charge is 0.0607 e. The number of nitriles is 1. The number of hydrogen-bond acceptors (Lipinski definition) is 1. The van der Waals surface area contributed by atoms with Gasteiger partial charge in [0.15, 0.2) is 0 Å². The molecule has 0 atom stereocenters. The standard InChI is InChI=1S/C6H3Cl3.CHN/c7-4-1-2-5(8)6(9)3-4;1-2/h1-3H;1H. The van der Waals surface area contributed by atoms with Crippen molar-refractivity contribution in [3.63, 3.8) is 0 Å². The number of hydrogen-bond donors (Lipinski definition) is 0. The largest absolute Gasteiger partial charge is 0.202 e. The molecule has 4 heteroatoms. The van der Waals surface area contributed by atoms with Crippen LogP contribution in [-0.4, -0.2) is 0 Å². The van der Waals surface area contributed by atoms with Crippen LogP contribution in [0.25, 0.3) is 0 Å². The molecule has 0 N–H and O–H groups in total. The average Bonchev–Trinajstić information content (AvgIpc) is 2.02. The predicted octanol–water partition coefficient (Wildman–Crippen LogP) is 3.79. The summed E-state index contributed by atoms with van der Waals surface area (Å²) < 4.78 is 0. The van der Waals surface area contributed by atoms with Crippen LogP contribution in [0.4, 0.5) is 0 Å². The molecule has 0 aliphatic rings. The lowest BCUT2D eigenvalue weighted by Gasteiger charge is -1.92. The zero-order valence-electron chi connectivity index (χ0n) is 5.39. The molecule has 0 saturated heterocycles. The molecular formula is C7H4Cl3N. The molecule has 0 unspecified atom stereocenters. The number of halogens is 3. The highest BCUT2D eigenvalue weighted by molar-refractivity contribution is 6.43. The fourth-order valence-corrected chi connectivity index (χ4v) is 0.997. The Labute approximate surface area is 80.1 Å². The normalized spacial score (nSPS) is 8.09. The molecule has 0 amide bonds. The van der Waals surface area contributed by atoms with Crippen molar-refractivity contribution in [2.75, 3.05) is 0 Å². The summed E-state index contributed by atoms with van der Waals surface area (Å²) >= 11 is 16.8. The molecule has 1 nitrogen and oxygen atoms in total. The summed E-state index contributed by atoms with van der Waals surface area (Å²) in [6.07, 6.45) is 0. The first-order valence-electron chi connectivity index (χ1n) is 2.56. The maximum Gasteiger partial charge on any atom is 0.0607 e. The summed E-state index contributed by atoms with van der Waals surface area (Å²) in [4.78, 5) is 0. The summed E-state index contributed by atoms with van der Waals surface area (Å²) in [6.45, 7) is 3.50. The van der Waals surface area contributed by atoms with Crippen molar-refractivity contribution in [3.05, 3.63) is 33.3 Å². The monoisotopic (exact) mass is 207 g/mol. The maximum absolute atomic E-state index is 6.50. The topological polar surface area (TPSA) is 23.8 Å². The molecule has 58 valence electrons. The van der Waals surface area contributed by atoms with Crippen molar-refractivity contribution >= 4 is 34.8 Å². The van der Waals surface area contributed by atoms with E-state index < -0.39 is 0 Å². The van der Waals surface area contributed by atoms with Crippen LogP contribution in [0.3, 0.4) is 0 Å². The van der Waals surface area contributed by atoms with Crippen molar-refractivity contribution < 1.29 is 0 Å². The summed E-state index contributed by atoms with van der Waals surface area (Å²) in [5.41, 5.74) is 0. The van der Waals surface area contributed by atoms with Gasteiger partial charge in [-0.2, -0.15) is 0 Å². The van der Waals surface area contributed by atoms with Crippen molar-refractivity contribution in [3.8, 4) is 6.57 Å². The van der Waals surface area contributed by atoms with Gasteiger partial charge in [0, 0.05) is 11.6 Å². The van der Waals surface area contributed by atoms with E-state index in [1.54, 1.807) is 18.2 Å². The Balaban J connectivity index is 0.000000461. The minimum atomic E-state index is 0.490. The van der Waals surface area contributed by atoms with Crippen molar-refractivity contribution in [2.24, 2.45) is 0 Å². The van der Waals surface area contributed by atoms with Crippen LogP contribution in [0.2, 0.25) is 15.1 Å². The second-order valence-corrected chi connectivity index (χ2v) is 2.81. The zero-order chi connectivity index (χ0) is 8.85. The number of rotatable bonds is 0. The third kappa shape index (κ3) is 3.48. The molecule has 0 spiro atoms. The second-order valence-electron chi connectivity index (χ2n) is 1.56. The molecule has 1 rings (SSSR count). The van der Waals surface area contributed by atoms with E-state index in [-0.39, 0.29) is 0 Å². The molecule has 1 aromatic carbocycles. The van der Waals surface area contributed by atoms with Gasteiger partial charge in [-0.3, -0.25) is 0 Å². The molecule has 11 heavy (non-hydrogen) atoms. The van der Waals surface area contributed by atoms with Crippen LogP contribution >= 0.6 is 34.8 Å². The Morgan fingerprint density at radius 2 is 1.55 bits per heavy atom. The van der Waals surface area contributed by atoms with E-state index in [1.807, 2.05) is 0 Å². The van der Waals surface area contributed by atoms with E-state index in [2.05, 4.69) is 6.57 Å². The average molecular weight is 208 g/mol. The van der Waals surface area contributed by atoms with Crippen molar-refractivity contribution in [2.45, 2.75) is 0 Å². The SMILES string of the molecule is C#N.Clc1ccc(Cl)c(Cl)c1. The van der Waals surface area contributed by atoms with Gasteiger partial charge in [-0.05, 0) is 18.2 Å². The molecule has 0 saturated carbocycles. The van der Waals surface area contributed by atoms with Crippen molar-refractivity contribution in [1.29, 1.82) is 5.26 Å². The lowest BCUT2D eigenvalue weighted by Crippen LogP contribution is -1.66. The van der Waals surface area contributed by atoms with Gasteiger partial charge in [0.25, 0.3) is 0 Å². The number of benzene rings is 1. The molecule has 0 fully saturated rings. The van der Waals surface area contributed by atoms with Crippen LogP contribution in [0.15, 0.2) is 18.2 Å². The van der Waals surface area contributed by atoms with Crippen LogP contribution < -0.4 is 0 Å². The fraction of sp³-hybridized carbons (Fsp3) is 0. The maximum atomic E-state index is 6.50. The number of nitrogens with zero attached hydrogens (tertiary/aromatic N) is 1. The lowest BCUT2D eigenvalue weighted by atomic mass is 10.4. The van der Waals surface area contributed by atoms with Crippen LogP contribution in [-0.2, 0) is 0 Å². The van der Waals surface area contributed by atoms with Gasteiger partial charge in [-0.1, -0.05) is 34.8 Å². The summed E-state index contributed by atoms with van der Waals surface area (Å²) in [5.74, 6) is 0. The summed E-state index contributed by atoms with van der Waals surface area (Å²) in [7, 11) is 0. The molecule has 0 aliphatic carbocycles. The Morgan fingerprint density at radius 1 is 1.00 bits per heavy atom. The van der Waals surface area contributed by atoms with Gasteiger partial charge < -0.3 is 0 Å². The van der Waals surface area contributed by atoms with Gasteiger partial charge in [-0.25, -0.2) is 5.26 Å². The molecule has 0 aliphatic heterocycles. The van der Waals surface area contributed by atoms with Crippen LogP contribution in [0.1, 0.15) is 0 Å². The summed E-state index contributed by atoms with van der Waals surface area (Å²) in [5, 5.41) is 8.12. The van der Waals surface area contributed by atoms with E-state index in [4.69, 9.17) is 40.1 Å². The molecule has 1 aromatic rings. The molecular weight excluding hydrogens is 204 g/mol. The lowest BCUT2D eigenvalue weighted by molar-refractivity contribution is 1.58. The van der Waals surface area contributed by atoms with Crippen molar-refractivity contribution in [1.82, 2.24) is 0 Å². The highest BCUT2D eigenvalue weighted by atomic mass is 35.5. The quantitative estimate of drug-likeness (QED) is 0.595. The first-order chi connectivity index (χ1) is 5.20. The van der Waals surface area contributed by atoms with Gasteiger partial charge in [-0.15, -0.1) is 0 Å². The van der Waals surface area contributed by atoms with E-state index in [0.29, 0.717) is 15.1 Å².